The van der Waals surface area contributed by atoms with Crippen molar-refractivity contribution < 1.29 is 9.47 Å². The molecule has 5 nitrogen and oxygen atoms in total. The number of ether oxygens (including phenoxy) is 2. The van der Waals surface area contributed by atoms with Crippen LogP contribution in [0.1, 0.15) is 5.56 Å². The smallest absolute Gasteiger partial charge is 0.231 e. The fourth-order valence-electron chi connectivity index (χ4n) is 3.04. The number of hydrogen-bond acceptors (Lipinski definition) is 5. The van der Waals surface area contributed by atoms with Crippen LogP contribution in [0.25, 0.3) is 11.3 Å². The van der Waals surface area contributed by atoms with Crippen molar-refractivity contribution in [3.05, 3.63) is 93.0 Å². The maximum Gasteiger partial charge on any atom is 0.231 e. The van der Waals surface area contributed by atoms with Crippen LogP contribution in [-0.2, 0) is 0 Å². The molecule has 0 unspecified atom stereocenters. The van der Waals surface area contributed by atoms with Gasteiger partial charge in [0, 0.05) is 15.4 Å². The molecule has 4 aromatic rings. The standard InChI is InChI=1S/C23H16BrN3O2S/c24-18-9-7-17(8-10-18)20-14-30-23(26-19-4-2-1-3-5-19)27(20)25-13-16-6-11-21-22(12-16)29-15-28-21/h1-14H,15H2. The minimum Gasteiger partial charge on any atom is -0.454 e. The monoisotopic (exact) mass is 477 g/mol. The van der Waals surface area contributed by atoms with Gasteiger partial charge in [-0.15, -0.1) is 11.3 Å². The van der Waals surface area contributed by atoms with Crippen LogP contribution in [0.2, 0.25) is 0 Å². The lowest BCUT2D eigenvalue weighted by Gasteiger charge is -2.04. The Kier molecular flexibility index (Phi) is 5.21. The molecule has 0 radical (unpaired) electrons. The van der Waals surface area contributed by atoms with Gasteiger partial charge < -0.3 is 9.47 Å². The van der Waals surface area contributed by atoms with Crippen LogP contribution < -0.4 is 14.3 Å². The van der Waals surface area contributed by atoms with E-state index in [2.05, 4.69) is 33.4 Å². The molecule has 0 saturated carbocycles. The van der Waals surface area contributed by atoms with E-state index in [4.69, 9.17) is 19.6 Å². The minimum absolute atomic E-state index is 0.253. The summed E-state index contributed by atoms with van der Waals surface area (Å²) < 4.78 is 13.8. The molecule has 5 rings (SSSR count). The van der Waals surface area contributed by atoms with Crippen molar-refractivity contribution in [2.75, 3.05) is 6.79 Å². The predicted octanol–water partition coefficient (Wildman–Crippen LogP) is 5.82. The summed E-state index contributed by atoms with van der Waals surface area (Å²) in [5.74, 6) is 1.49. The number of thiazole rings is 1. The number of fused-ring (bicyclic) bond motifs is 1. The fourth-order valence-corrected chi connectivity index (χ4v) is 4.16. The predicted molar refractivity (Wildman–Crippen MR) is 123 cm³/mol. The zero-order valence-electron chi connectivity index (χ0n) is 15.7. The number of rotatable bonds is 4. The first-order valence-corrected chi connectivity index (χ1v) is 10.9. The summed E-state index contributed by atoms with van der Waals surface area (Å²) in [4.78, 5) is 5.58. The fraction of sp³-hybridized carbons (Fsp3) is 0.0435. The quantitative estimate of drug-likeness (QED) is 0.347. The van der Waals surface area contributed by atoms with E-state index >= 15 is 0 Å². The Hall–Kier alpha value is -3.16. The molecular weight excluding hydrogens is 462 g/mol. The first kappa shape index (κ1) is 18.8. The van der Waals surface area contributed by atoms with Gasteiger partial charge >= 0.3 is 0 Å². The van der Waals surface area contributed by atoms with Crippen molar-refractivity contribution in [1.82, 2.24) is 4.68 Å². The van der Waals surface area contributed by atoms with Gasteiger partial charge in [0.1, 0.15) is 0 Å². The van der Waals surface area contributed by atoms with Gasteiger partial charge in [-0.3, -0.25) is 0 Å². The summed E-state index contributed by atoms with van der Waals surface area (Å²) in [7, 11) is 0. The van der Waals surface area contributed by atoms with E-state index in [-0.39, 0.29) is 6.79 Å². The molecule has 148 valence electrons. The van der Waals surface area contributed by atoms with Crippen LogP contribution in [0, 0.1) is 0 Å². The van der Waals surface area contributed by atoms with Gasteiger partial charge in [0.05, 0.1) is 17.6 Å². The first-order valence-electron chi connectivity index (χ1n) is 9.26. The molecule has 0 N–H and O–H groups in total. The maximum atomic E-state index is 5.47. The van der Waals surface area contributed by atoms with Crippen molar-refractivity contribution in [2.45, 2.75) is 0 Å². The summed E-state index contributed by atoms with van der Waals surface area (Å²) in [6, 6.07) is 23.8. The molecule has 1 aromatic heterocycles. The molecule has 0 bridgehead atoms. The molecule has 0 amide bonds. The van der Waals surface area contributed by atoms with E-state index in [0.29, 0.717) is 0 Å². The van der Waals surface area contributed by atoms with Crippen molar-refractivity contribution in [1.29, 1.82) is 0 Å². The van der Waals surface area contributed by atoms with Crippen LogP contribution in [0.4, 0.5) is 5.69 Å². The molecule has 30 heavy (non-hydrogen) atoms. The van der Waals surface area contributed by atoms with Gasteiger partial charge in [-0.2, -0.15) is 5.10 Å². The normalized spacial score (nSPS) is 13.3. The molecule has 1 aliphatic heterocycles. The van der Waals surface area contributed by atoms with E-state index < -0.39 is 0 Å². The molecule has 3 aromatic carbocycles. The number of halogens is 1. The summed E-state index contributed by atoms with van der Waals surface area (Å²) in [5, 5.41) is 6.83. The number of aromatic nitrogens is 1. The highest BCUT2D eigenvalue weighted by molar-refractivity contribution is 9.10. The Labute approximate surface area is 185 Å². The zero-order chi connectivity index (χ0) is 20.3. The summed E-state index contributed by atoms with van der Waals surface area (Å²) in [6.45, 7) is 0.253. The second kappa shape index (κ2) is 8.30. The summed E-state index contributed by atoms with van der Waals surface area (Å²) in [5.41, 5.74) is 3.84. The molecule has 0 aliphatic carbocycles. The van der Waals surface area contributed by atoms with Crippen LogP contribution in [0.5, 0.6) is 11.5 Å². The highest BCUT2D eigenvalue weighted by Gasteiger charge is 2.13. The van der Waals surface area contributed by atoms with E-state index in [1.165, 1.54) is 0 Å². The van der Waals surface area contributed by atoms with Crippen molar-refractivity contribution >= 4 is 39.2 Å². The Morgan fingerprint density at radius 3 is 2.57 bits per heavy atom. The third-order valence-electron chi connectivity index (χ3n) is 4.53. The Bertz CT molecular complexity index is 1280. The average Bonchev–Trinajstić information content (AvgIpc) is 3.40. The van der Waals surface area contributed by atoms with Crippen LogP contribution in [-0.4, -0.2) is 17.7 Å². The van der Waals surface area contributed by atoms with Gasteiger partial charge in [-0.1, -0.05) is 46.3 Å². The lowest BCUT2D eigenvalue weighted by atomic mass is 10.2. The van der Waals surface area contributed by atoms with Crippen LogP contribution >= 0.6 is 27.3 Å². The summed E-state index contributed by atoms with van der Waals surface area (Å²) >= 11 is 5.05. The van der Waals surface area contributed by atoms with Crippen molar-refractivity contribution in [3.8, 4) is 22.8 Å². The SMILES string of the molecule is Brc1ccc(-c2csc(=Nc3ccccc3)n2N=Cc2ccc3c(c2)OCO3)cc1. The van der Waals surface area contributed by atoms with Crippen LogP contribution in [0.3, 0.4) is 0 Å². The molecule has 2 heterocycles. The highest BCUT2D eigenvalue weighted by Crippen LogP contribution is 2.32. The van der Waals surface area contributed by atoms with Gasteiger partial charge in [0.25, 0.3) is 0 Å². The average molecular weight is 478 g/mol. The topological polar surface area (TPSA) is 48.1 Å². The number of benzene rings is 3. The molecular formula is C23H16BrN3O2S. The van der Waals surface area contributed by atoms with Crippen molar-refractivity contribution in [3.63, 3.8) is 0 Å². The third kappa shape index (κ3) is 3.94. The first-order chi connectivity index (χ1) is 14.8. The zero-order valence-corrected chi connectivity index (χ0v) is 18.1. The molecule has 7 heteroatoms. The molecule has 0 saturated heterocycles. The largest absolute Gasteiger partial charge is 0.454 e. The Morgan fingerprint density at radius 2 is 1.73 bits per heavy atom. The molecule has 0 spiro atoms. The summed E-state index contributed by atoms with van der Waals surface area (Å²) in [6.07, 6.45) is 1.81. The number of para-hydroxylation sites is 1. The van der Waals surface area contributed by atoms with Crippen LogP contribution in [0.15, 0.2) is 92.7 Å². The molecule has 0 atom stereocenters. The van der Waals surface area contributed by atoms with Gasteiger partial charge in [0.2, 0.25) is 11.6 Å². The Morgan fingerprint density at radius 1 is 0.933 bits per heavy atom. The minimum atomic E-state index is 0.253. The third-order valence-corrected chi connectivity index (χ3v) is 5.87. The van der Waals surface area contributed by atoms with Gasteiger partial charge in [0.15, 0.2) is 11.5 Å². The lowest BCUT2D eigenvalue weighted by Crippen LogP contribution is -2.11. The second-order valence-electron chi connectivity index (χ2n) is 6.53. The van der Waals surface area contributed by atoms with Gasteiger partial charge in [-0.25, -0.2) is 9.67 Å². The van der Waals surface area contributed by atoms with E-state index in [9.17, 15) is 0 Å². The van der Waals surface area contributed by atoms with Gasteiger partial charge in [-0.05, 0) is 48.0 Å². The number of hydrogen-bond donors (Lipinski definition) is 0. The highest BCUT2D eigenvalue weighted by atomic mass is 79.9. The van der Waals surface area contributed by atoms with Crippen molar-refractivity contribution in [2.24, 2.45) is 10.1 Å². The molecule has 0 fully saturated rings. The second-order valence-corrected chi connectivity index (χ2v) is 8.28. The lowest BCUT2D eigenvalue weighted by molar-refractivity contribution is 0.174. The number of nitrogens with zero attached hydrogens (tertiary/aromatic N) is 3. The van der Waals surface area contributed by atoms with E-state index in [0.717, 1.165) is 43.3 Å². The van der Waals surface area contributed by atoms with E-state index in [1.54, 1.807) is 17.6 Å². The molecule has 1 aliphatic rings. The maximum absolute atomic E-state index is 5.47. The van der Waals surface area contributed by atoms with E-state index in [1.807, 2.05) is 65.3 Å². The Balaban J connectivity index is 1.59.